The molecule has 1 unspecified atom stereocenters. The van der Waals surface area contributed by atoms with Crippen molar-refractivity contribution in [2.45, 2.75) is 19.3 Å². The molecule has 4 nitrogen and oxygen atoms in total. The number of hydrogen-bond acceptors (Lipinski definition) is 3. The maximum absolute atomic E-state index is 5.56. The van der Waals surface area contributed by atoms with E-state index in [1.165, 1.54) is 0 Å². The molecule has 0 aliphatic heterocycles. The molecule has 2 N–H and O–H groups in total. The Labute approximate surface area is 66.4 Å². The first kappa shape index (κ1) is 8.20. The van der Waals surface area contributed by atoms with Gasteiger partial charge in [0.2, 0.25) is 0 Å². The van der Waals surface area contributed by atoms with Crippen LogP contribution in [0.25, 0.3) is 0 Å². The van der Waals surface area contributed by atoms with Crippen molar-refractivity contribution >= 4 is 0 Å². The summed E-state index contributed by atoms with van der Waals surface area (Å²) < 4.78 is 1.78. The van der Waals surface area contributed by atoms with Crippen LogP contribution in [0.2, 0.25) is 0 Å². The quantitative estimate of drug-likeness (QED) is 0.679. The van der Waals surface area contributed by atoms with Crippen LogP contribution in [-0.2, 0) is 7.05 Å². The minimum absolute atomic E-state index is 0.350. The SMILES string of the molecule is CCC(CN)c1ncnn1C. The maximum Gasteiger partial charge on any atom is 0.138 e. The summed E-state index contributed by atoms with van der Waals surface area (Å²) in [6.45, 7) is 2.75. The first-order valence-corrected chi connectivity index (χ1v) is 3.83. The molecule has 0 radical (unpaired) electrons. The summed E-state index contributed by atoms with van der Waals surface area (Å²) >= 11 is 0. The van der Waals surface area contributed by atoms with Gasteiger partial charge in [-0.1, -0.05) is 6.92 Å². The number of aryl methyl sites for hydroxylation is 1. The summed E-state index contributed by atoms with van der Waals surface area (Å²) in [6, 6.07) is 0. The third kappa shape index (κ3) is 1.57. The van der Waals surface area contributed by atoms with Crippen LogP contribution in [0.3, 0.4) is 0 Å². The molecule has 4 heteroatoms. The third-order valence-electron chi connectivity index (χ3n) is 1.89. The number of nitrogens with zero attached hydrogens (tertiary/aromatic N) is 3. The first-order chi connectivity index (χ1) is 5.29. The molecule has 1 atom stereocenters. The molecule has 0 aliphatic rings. The minimum Gasteiger partial charge on any atom is -0.330 e. The van der Waals surface area contributed by atoms with Crippen molar-refractivity contribution in [2.75, 3.05) is 6.54 Å². The van der Waals surface area contributed by atoms with Gasteiger partial charge in [0, 0.05) is 19.5 Å². The molecule has 0 bridgehead atoms. The van der Waals surface area contributed by atoms with Gasteiger partial charge in [-0.05, 0) is 6.42 Å². The summed E-state index contributed by atoms with van der Waals surface area (Å²) in [4.78, 5) is 4.13. The van der Waals surface area contributed by atoms with Gasteiger partial charge in [-0.3, -0.25) is 4.68 Å². The Morgan fingerprint density at radius 1 is 1.73 bits per heavy atom. The Hall–Kier alpha value is -0.900. The van der Waals surface area contributed by atoms with Crippen LogP contribution in [0.1, 0.15) is 25.1 Å². The predicted molar refractivity (Wildman–Crippen MR) is 43.1 cm³/mol. The van der Waals surface area contributed by atoms with Crippen molar-refractivity contribution in [1.82, 2.24) is 14.8 Å². The summed E-state index contributed by atoms with van der Waals surface area (Å²) in [5.74, 6) is 1.33. The van der Waals surface area contributed by atoms with Crippen LogP contribution in [0.5, 0.6) is 0 Å². The van der Waals surface area contributed by atoms with Gasteiger partial charge in [-0.15, -0.1) is 0 Å². The minimum atomic E-state index is 0.350. The zero-order chi connectivity index (χ0) is 8.27. The topological polar surface area (TPSA) is 56.7 Å². The molecule has 0 aromatic carbocycles. The predicted octanol–water partition coefficient (Wildman–Crippen LogP) is 0.267. The fourth-order valence-electron chi connectivity index (χ4n) is 1.13. The van der Waals surface area contributed by atoms with E-state index >= 15 is 0 Å². The van der Waals surface area contributed by atoms with Gasteiger partial charge >= 0.3 is 0 Å². The van der Waals surface area contributed by atoms with Crippen molar-refractivity contribution in [3.63, 3.8) is 0 Å². The molecule has 0 fully saturated rings. The van der Waals surface area contributed by atoms with Crippen LogP contribution in [0.15, 0.2) is 6.33 Å². The van der Waals surface area contributed by atoms with Gasteiger partial charge in [-0.25, -0.2) is 4.98 Å². The highest BCUT2D eigenvalue weighted by Gasteiger charge is 2.11. The number of aromatic nitrogens is 3. The molecule has 0 amide bonds. The van der Waals surface area contributed by atoms with Gasteiger partial charge in [0.05, 0.1) is 0 Å². The summed E-state index contributed by atoms with van der Waals surface area (Å²) in [7, 11) is 1.89. The highest BCUT2D eigenvalue weighted by Crippen LogP contribution is 2.13. The maximum atomic E-state index is 5.56. The fourth-order valence-corrected chi connectivity index (χ4v) is 1.13. The van der Waals surface area contributed by atoms with E-state index in [1.807, 2.05) is 7.05 Å². The lowest BCUT2D eigenvalue weighted by Crippen LogP contribution is -2.15. The molecule has 0 saturated carbocycles. The van der Waals surface area contributed by atoms with E-state index in [9.17, 15) is 0 Å². The monoisotopic (exact) mass is 154 g/mol. The van der Waals surface area contributed by atoms with E-state index < -0.39 is 0 Å². The van der Waals surface area contributed by atoms with Crippen molar-refractivity contribution in [2.24, 2.45) is 12.8 Å². The summed E-state index contributed by atoms with van der Waals surface area (Å²) in [6.07, 6.45) is 2.58. The van der Waals surface area contributed by atoms with Crippen molar-refractivity contribution in [1.29, 1.82) is 0 Å². The molecule has 11 heavy (non-hydrogen) atoms. The summed E-state index contributed by atoms with van der Waals surface area (Å²) in [5, 5.41) is 3.98. The highest BCUT2D eigenvalue weighted by molar-refractivity contribution is 4.94. The first-order valence-electron chi connectivity index (χ1n) is 3.83. The van der Waals surface area contributed by atoms with Crippen LogP contribution in [-0.4, -0.2) is 21.3 Å². The molecule has 0 saturated heterocycles. The molecule has 0 aliphatic carbocycles. The van der Waals surface area contributed by atoms with E-state index in [-0.39, 0.29) is 0 Å². The second-order valence-corrected chi connectivity index (χ2v) is 2.58. The molecule has 0 spiro atoms. The molecule has 1 heterocycles. The van der Waals surface area contributed by atoms with E-state index in [0.29, 0.717) is 12.5 Å². The molecule has 62 valence electrons. The van der Waals surface area contributed by atoms with Crippen LogP contribution in [0, 0.1) is 0 Å². The van der Waals surface area contributed by atoms with Crippen LogP contribution >= 0.6 is 0 Å². The standard InChI is InChI=1S/C7H14N4/c1-3-6(4-8)7-9-5-10-11(7)2/h5-6H,3-4,8H2,1-2H3. The van der Waals surface area contributed by atoms with Gasteiger partial charge in [0.25, 0.3) is 0 Å². The van der Waals surface area contributed by atoms with Crippen molar-refractivity contribution in [3.8, 4) is 0 Å². The molecule has 1 rings (SSSR count). The van der Waals surface area contributed by atoms with E-state index in [2.05, 4.69) is 17.0 Å². The fraction of sp³-hybridized carbons (Fsp3) is 0.714. The van der Waals surface area contributed by atoms with Gasteiger partial charge in [0.1, 0.15) is 12.2 Å². The van der Waals surface area contributed by atoms with E-state index in [4.69, 9.17) is 5.73 Å². The van der Waals surface area contributed by atoms with E-state index in [0.717, 1.165) is 12.2 Å². The largest absolute Gasteiger partial charge is 0.330 e. The van der Waals surface area contributed by atoms with Gasteiger partial charge < -0.3 is 5.73 Å². The Kier molecular flexibility index (Phi) is 2.59. The van der Waals surface area contributed by atoms with Crippen LogP contribution in [0.4, 0.5) is 0 Å². The molecular weight excluding hydrogens is 140 g/mol. The lowest BCUT2D eigenvalue weighted by atomic mass is 10.1. The molecule has 1 aromatic heterocycles. The number of rotatable bonds is 3. The lowest BCUT2D eigenvalue weighted by molar-refractivity contribution is 0.579. The average Bonchev–Trinajstić information content (AvgIpc) is 2.40. The summed E-state index contributed by atoms with van der Waals surface area (Å²) in [5.41, 5.74) is 5.56. The number of hydrogen-bond donors (Lipinski definition) is 1. The van der Waals surface area contributed by atoms with E-state index in [1.54, 1.807) is 11.0 Å². The Morgan fingerprint density at radius 3 is 2.82 bits per heavy atom. The Balaban J connectivity index is 2.81. The normalized spacial score (nSPS) is 13.4. The number of nitrogens with two attached hydrogens (primary N) is 1. The van der Waals surface area contributed by atoms with Crippen molar-refractivity contribution in [3.05, 3.63) is 12.2 Å². The molecular formula is C7H14N4. The van der Waals surface area contributed by atoms with Gasteiger partial charge in [0.15, 0.2) is 0 Å². The average molecular weight is 154 g/mol. The third-order valence-corrected chi connectivity index (χ3v) is 1.89. The van der Waals surface area contributed by atoms with Crippen LogP contribution < -0.4 is 5.73 Å². The smallest absolute Gasteiger partial charge is 0.138 e. The second-order valence-electron chi connectivity index (χ2n) is 2.58. The zero-order valence-electron chi connectivity index (χ0n) is 6.99. The zero-order valence-corrected chi connectivity index (χ0v) is 6.99. The molecule has 1 aromatic rings. The highest BCUT2D eigenvalue weighted by atomic mass is 15.3. The second kappa shape index (κ2) is 3.48. The van der Waals surface area contributed by atoms with Crippen molar-refractivity contribution < 1.29 is 0 Å². The lowest BCUT2D eigenvalue weighted by Gasteiger charge is -2.09. The Bertz CT molecular complexity index is 214. The van der Waals surface area contributed by atoms with Gasteiger partial charge in [-0.2, -0.15) is 5.10 Å². The Morgan fingerprint density at radius 2 is 2.45 bits per heavy atom.